The summed E-state index contributed by atoms with van der Waals surface area (Å²) < 4.78 is 5.29. The zero-order valence-electron chi connectivity index (χ0n) is 9.54. The third-order valence-electron chi connectivity index (χ3n) is 3.33. The molecule has 4 nitrogen and oxygen atoms in total. The van der Waals surface area contributed by atoms with Crippen LogP contribution in [0.5, 0.6) is 0 Å². The van der Waals surface area contributed by atoms with Gasteiger partial charge in [0.1, 0.15) is 0 Å². The highest BCUT2D eigenvalue weighted by Crippen LogP contribution is 2.17. The second-order valence-electron chi connectivity index (χ2n) is 4.43. The first-order valence-electron chi connectivity index (χ1n) is 5.95. The summed E-state index contributed by atoms with van der Waals surface area (Å²) in [6, 6.07) is 0.0830. The molecule has 0 radical (unpaired) electrons. The number of halogens is 1. The van der Waals surface area contributed by atoms with Gasteiger partial charge in [-0.25, -0.2) is 0 Å². The molecule has 2 N–H and O–H groups in total. The summed E-state index contributed by atoms with van der Waals surface area (Å²) in [5.74, 6) is 0.918. The Balaban J connectivity index is 0.00000128. The van der Waals surface area contributed by atoms with Crippen LogP contribution in [0.2, 0.25) is 0 Å². The number of amides is 1. The zero-order valence-corrected chi connectivity index (χ0v) is 10.4. The molecular formula is C11H21ClN2O2. The molecule has 2 rings (SSSR count). The van der Waals surface area contributed by atoms with Crippen molar-refractivity contribution in [3.05, 3.63) is 0 Å². The summed E-state index contributed by atoms with van der Waals surface area (Å²) in [4.78, 5) is 11.5. The Bertz CT molecular complexity index is 216. The fourth-order valence-electron chi connectivity index (χ4n) is 2.07. The van der Waals surface area contributed by atoms with Crippen molar-refractivity contribution in [2.24, 2.45) is 5.92 Å². The summed E-state index contributed by atoms with van der Waals surface area (Å²) in [7, 11) is 0. The fourth-order valence-corrected chi connectivity index (χ4v) is 2.07. The molecule has 0 spiro atoms. The van der Waals surface area contributed by atoms with Crippen molar-refractivity contribution >= 4 is 18.3 Å². The molecule has 94 valence electrons. The topological polar surface area (TPSA) is 50.4 Å². The van der Waals surface area contributed by atoms with Gasteiger partial charge in [-0.3, -0.25) is 4.79 Å². The summed E-state index contributed by atoms with van der Waals surface area (Å²) in [6.07, 6.45) is 4.39. The summed E-state index contributed by atoms with van der Waals surface area (Å²) in [5, 5.41) is 6.09. The van der Waals surface area contributed by atoms with Crippen LogP contribution in [0.1, 0.15) is 25.7 Å². The van der Waals surface area contributed by atoms with Gasteiger partial charge in [0.15, 0.2) is 0 Å². The smallest absolute Gasteiger partial charge is 0.237 e. The third kappa shape index (κ3) is 3.92. The minimum absolute atomic E-state index is 0. The van der Waals surface area contributed by atoms with Crippen molar-refractivity contribution in [2.45, 2.75) is 31.7 Å². The SMILES string of the molecule is Cl.O=C(NCCC1CCOCC1)[C@H]1CCN1. The van der Waals surface area contributed by atoms with Crippen LogP contribution < -0.4 is 10.6 Å². The van der Waals surface area contributed by atoms with Crippen LogP contribution in [0.25, 0.3) is 0 Å². The quantitative estimate of drug-likeness (QED) is 0.770. The van der Waals surface area contributed by atoms with E-state index < -0.39 is 0 Å². The molecule has 0 aromatic carbocycles. The summed E-state index contributed by atoms with van der Waals surface area (Å²) in [5.41, 5.74) is 0. The molecule has 0 bridgehead atoms. The van der Waals surface area contributed by atoms with Crippen LogP contribution in [0, 0.1) is 5.92 Å². The van der Waals surface area contributed by atoms with Gasteiger partial charge >= 0.3 is 0 Å². The molecular weight excluding hydrogens is 228 g/mol. The molecule has 2 aliphatic heterocycles. The second-order valence-corrected chi connectivity index (χ2v) is 4.43. The minimum Gasteiger partial charge on any atom is -0.381 e. The highest BCUT2D eigenvalue weighted by atomic mass is 35.5. The van der Waals surface area contributed by atoms with E-state index >= 15 is 0 Å². The van der Waals surface area contributed by atoms with Crippen LogP contribution >= 0.6 is 12.4 Å². The number of ether oxygens (including phenoxy) is 1. The fraction of sp³-hybridized carbons (Fsp3) is 0.909. The van der Waals surface area contributed by atoms with Crippen molar-refractivity contribution in [1.82, 2.24) is 10.6 Å². The summed E-state index contributed by atoms with van der Waals surface area (Å²) in [6.45, 7) is 3.59. The van der Waals surface area contributed by atoms with E-state index in [0.717, 1.165) is 57.9 Å². The van der Waals surface area contributed by atoms with Crippen LogP contribution in [0.4, 0.5) is 0 Å². The maximum absolute atomic E-state index is 11.5. The van der Waals surface area contributed by atoms with E-state index in [2.05, 4.69) is 10.6 Å². The number of nitrogens with one attached hydrogen (secondary N) is 2. The Hall–Kier alpha value is -0.320. The van der Waals surface area contributed by atoms with Crippen LogP contribution in [0.15, 0.2) is 0 Å². The molecule has 1 atom stereocenters. The highest BCUT2D eigenvalue weighted by molar-refractivity contribution is 5.85. The standard InChI is InChI=1S/C11H20N2O2.ClH/c14-11(10-2-6-12-10)13-5-1-9-3-7-15-8-4-9;/h9-10,12H,1-8H2,(H,13,14);1H/t10-;/m1./s1. The van der Waals surface area contributed by atoms with Gasteiger partial charge in [0.25, 0.3) is 0 Å². The van der Waals surface area contributed by atoms with Crippen LogP contribution in [0.3, 0.4) is 0 Å². The lowest BCUT2D eigenvalue weighted by molar-refractivity contribution is -0.124. The Morgan fingerprint density at radius 2 is 2.00 bits per heavy atom. The zero-order chi connectivity index (χ0) is 10.5. The Morgan fingerprint density at radius 1 is 1.31 bits per heavy atom. The van der Waals surface area contributed by atoms with Crippen molar-refractivity contribution in [2.75, 3.05) is 26.3 Å². The molecule has 0 aromatic heterocycles. The number of rotatable bonds is 4. The van der Waals surface area contributed by atoms with E-state index in [1.54, 1.807) is 0 Å². The first kappa shape index (κ1) is 13.7. The van der Waals surface area contributed by atoms with Crippen molar-refractivity contribution in [3.8, 4) is 0 Å². The Kier molecular flexibility index (Phi) is 6.09. The molecule has 2 aliphatic rings. The second kappa shape index (κ2) is 7.09. The predicted molar refractivity (Wildman–Crippen MR) is 64.8 cm³/mol. The Labute approximate surface area is 103 Å². The van der Waals surface area contributed by atoms with Gasteiger partial charge in [-0.1, -0.05) is 0 Å². The van der Waals surface area contributed by atoms with Gasteiger partial charge in [0, 0.05) is 19.8 Å². The average Bonchev–Trinajstić information content (AvgIpc) is 2.16. The molecule has 1 amide bonds. The van der Waals surface area contributed by atoms with Gasteiger partial charge in [0.2, 0.25) is 5.91 Å². The van der Waals surface area contributed by atoms with Crippen molar-refractivity contribution in [3.63, 3.8) is 0 Å². The van der Waals surface area contributed by atoms with Gasteiger partial charge in [-0.2, -0.15) is 0 Å². The van der Waals surface area contributed by atoms with Crippen LogP contribution in [-0.2, 0) is 9.53 Å². The first-order valence-corrected chi connectivity index (χ1v) is 5.95. The molecule has 0 unspecified atom stereocenters. The van der Waals surface area contributed by atoms with Gasteiger partial charge in [-0.05, 0) is 38.1 Å². The largest absolute Gasteiger partial charge is 0.381 e. The van der Waals surface area contributed by atoms with E-state index in [9.17, 15) is 4.79 Å². The molecule has 2 heterocycles. The average molecular weight is 249 g/mol. The number of hydrogen-bond acceptors (Lipinski definition) is 3. The van der Waals surface area contributed by atoms with E-state index in [0.29, 0.717) is 0 Å². The number of hydrogen-bond donors (Lipinski definition) is 2. The maximum Gasteiger partial charge on any atom is 0.237 e. The number of carbonyl (C=O) groups excluding carboxylic acids is 1. The van der Waals surface area contributed by atoms with Crippen molar-refractivity contribution in [1.29, 1.82) is 0 Å². The number of carbonyl (C=O) groups is 1. The van der Waals surface area contributed by atoms with Crippen molar-refractivity contribution < 1.29 is 9.53 Å². The molecule has 0 aromatic rings. The van der Waals surface area contributed by atoms with Gasteiger partial charge in [0.05, 0.1) is 6.04 Å². The molecule has 2 saturated heterocycles. The van der Waals surface area contributed by atoms with Gasteiger partial charge < -0.3 is 15.4 Å². The van der Waals surface area contributed by atoms with Crippen LogP contribution in [-0.4, -0.2) is 38.3 Å². The predicted octanol–water partition coefficient (Wildman–Crippen LogP) is 0.703. The lowest BCUT2D eigenvalue weighted by atomic mass is 9.96. The molecule has 0 saturated carbocycles. The minimum atomic E-state index is 0. The van der Waals surface area contributed by atoms with E-state index in [4.69, 9.17) is 4.74 Å². The maximum atomic E-state index is 11.5. The van der Waals surface area contributed by atoms with E-state index in [1.165, 1.54) is 0 Å². The molecule has 5 heteroatoms. The van der Waals surface area contributed by atoms with E-state index in [-0.39, 0.29) is 24.4 Å². The monoisotopic (exact) mass is 248 g/mol. The Morgan fingerprint density at radius 3 is 2.56 bits per heavy atom. The molecule has 16 heavy (non-hydrogen) atoms. The summed E-state index contributed by atoms with van der Waals surface area (Å²) >= 11 is 0. The lowest BCUT2D eigenvalue weighted by Crippen LogP contribution is -2.53. The first-order chi connectivity index (χ1) is 7.36. The lowest BCUT2D eigenvalue weighted by Gasteiger charge is -2.27. The van der Waals surface area contributed by atoms with Gasteiger partial charge in [-0.15, -0.1) is 12.4 Å². The highest BCUT2D eigenvalue weighted by Gasteiger charge is 2.24. The molecule has 2 fully saturated rings. The third-order valence-corrected chi connectivity index (χ3v) is 3.33. The normalized spacial score (nSPS) is 25.4. The van der Waals surface area contributed by atoms with E-state index in [1.807, 2.05) is 0 Å². The molecule has 0 aliphatic carbocycles.